The Hall–Kier alpha value is -2.63. The average molecular weight is 338 g/mol. The Bertz CT molecular complexity index is 919. The fourth-order valence-electron chi connectivity index (χ4n) is 3.49. The smallest absolute Gasteiger partial charge is 0.236 e. The highest BCUT2D eigenvalue weighted by atomic mass is 16.3. The van der Waals surface area contributed by atoms with Crippen molar-refractivity contribution in [3.05, 3.63) is 35.9 Å². The number of hydrogen-bond donors (Lipinski definition) is 1. The predicted molar refractivity (Wildman–Crippen MR) is 95.4 cm³/mol. The Morgan fingerprint density at radius 1 is 1.28 bits per heavy atom. The minimum absolute atomic E-state index is 0.0625. The fourth-order valence-corrected chi connectivity index (χ4v) is 3.49. The molecule has 6 nitrogen and oxygen atoms in total. The van der Waals surface area contributed by atoms with Gasteiger partial charge in [0.05, 0.1) is 6.26 Å². The molecule has 1 amide bonds. The number of amides is 1. The van der Waals surface area contributed by atoms with Crippen LogP contribution < -0.4 is 5.32 Å². The minimum Gasteiger partial charge on any atom is -0.462 e. The van der Waals surface area contributed by atoms with Crippen LogP contribution >= 0.6 is 0 Å². The molecule has 3 aromatic heterocycles. The van der Waals surface area contributed by atoms with Crippen molar-refractivity contribution in [2.24, 2.45) is 5.92 Å². The van der Waals surface area contributed by atoms with Crippen LogP contribution in [-0.4, -0.2) is 20.3 Å². The fraction of sp³-hybridized carbons (Fsp3) is 0.421. The summed E-state index contributed by atoms with van der Waals surface area (Å²) < 4.78 is 7.54. The number of anilines is 1. The van der Waals surface area contributed by atoms with E-state index in [-0.39, 0.29) is 11.8 Å². The van der Waals surface area contributed by atoms with Gasteiger partial charge in [0.25, 0.3) is 0 Å². The molecule has 0 bridgehead atoms. The molecule has 1 fully saturated rings. The van der Waals surface area contributed by atoms with E-state index in [0.717, 1.165) is 36.8 Å². The number of furan rings is 1. The maximum Gasteiger partial charge on any atom is 0.236 e. The zero-order valence-corrected chi connectivity index (χ0v) is 14.6. The maximum absolute atomic E-state index is 12.8. The number of imidazole rings is 1. The largest absolute Gasteiger partial charge is 0.462 e. The highest BCUT2D eigenvalue weighted by molar-refractivity contribution is 5.95. The molecular formula is C19H22N4O2. The third-order valence-corrected chi connectivity index (χ3v) is 5.12. The highest BCUT2D eigenvalue weighted by Crippen LogP contribution is 2.34. The first-order chi connectivity index (χ1) is 12.1. The minimum atomic E-state index is 0.0625. The summed E-state index contributed by atoms with van der Waals surface area (Å²) in [6.45, 7) is 4.00. The number of aryl methyl sites for hydroxylation is 1. The standard InChI is InChI=1S/C19H22N4O2/c1-12-11-25-16(13(12)2)15-17(23-10-6-9-20-19(23)21-15)22-18(24)14-7-4-3-5-8-14/h6,9-11,14H,3-5,7-8H2,1-2H3,(H,22,24). The lowest BCUT2D eigenvalue weighted by atomic mass is 9.88. The second-order valence-corrected chi connectivity index (χ2v) is 6.80. The Labute approximate surface area is 146 Å². The maximum atomic E-state index is 12.8. The van der Waals surface area contributed by atoms with Gasteiger partial charge in [-0.05, 0) is 38.3 Å². The Balaban J connectivity index is 1.77. The molecule has 3 heterocycles. The lowest BCUT2D eigenvalue weighted by Crippen LogP contribution is -2.25. The Morgan fingerprint density at radius 3 is 2.80 bits per heavy atom. The van der Waals surface area contributed by atoms with Gasteiger partial charge >= 0.3 is 0 Å². The first kappa shape index (κ1) is 15.9. The first-order valence-electron chi connectivity index (χ1n) is 8.84. The number of rotatable bonds is 3. The quantitative estimate of drug-likeness (QED) is 0.779. The molecule has 1 aliphatic carbocycles. The summed E-state index contributed by atoms with van der Waals surface area (Å²) in [5.74, 6) is 2.00. The number of nitrogens with zero attached hydrogens (tertiary/aromatic N) is 3. The van der Waals surface area contributed by atoms with E-state index in [0.29, 0.717) is 23.0 Å². The summed E-state index contributed by atoms with van der Waals surface area (Å²) in [5.41, 5.74) is 2.72. The van der Waals surface area contributed by atoms with Crippen LogP contribution in [0.2, 0.25) is 0 Å². The molecule has 1 saturated carbocycles. The van der Waals surface area contributed by atoms with Gasteiger partial charge in [0.2, 0.25) is 11.7 Å². The number of carbonyl (C=O) groups is 1. The van der Waals surface area contributed by atoms with E-state index >= 15 is 0 Å². The van der Waals surface area contributed by atoms with Gasteiger partial charge in [0.15, 0.2) is 11.5 Å². The summed E-state index contributed by atoms with van der Waals surface area (Å²) in [6, 6.07) is 1.83. The van der Waals surface area contributed by atoms with Gasteiger partial charge in [-0.1, -0.05) is 19.3 Å². The zero-order chi connectivity index (χ0) is 17.4. The van der Waals surface area contributed by atoms with Gasteiger partial charge in [-0.15, -0.1) is 0 Å². The average Bonchev–Trinajstić information content (AvgIpc) is 3.16. The van der Waals surface area contributed by atoms with Gasteiger partial charge in [-0.25, -0.2) is 9.97 Å². The summed E-state index contributed by atoms with van der Waals surface area (Å²) in [4.78, 5) is 21.7. The van der Waals surface area contributed by atoms with Crippen molar-refractivity contribution in [3.63, 3.8) is 0 Å². The molecule has 0 atom stereocenters. The van der Waals surface area contributed by atoms with E-state index in [1.54, 1.807) is 12.5 Å². The third kappa shape index (κ3) is 2.81. The van der Waals surface area contributed by atoms with Gasteiger partial charge in [0.1, 0.15) is 5.82 Å². The highest BCUT2D eigenvalue weighted by Gasteiger charge is 2.26. The van der Waals surface area contributed by atoms with E-state index in [4.69, 9.17) is 4.42 Å². The van der Waals surface area contributed by atoms with Crippen molar-refractivity contribution < 1.29 is 9.21 Å². The van der Waals surface area contributed by atoms with Crippen molar-refractivity contribution in [3.8, 4) is 11.5 Å². The molecule has 0 radical (unpaired) electrons. The molecule has 3 aromatic rings. The Morgan fingerprint density at radius 2 is 2.08 bits per heavy atom. The van der Waals surface area contributed by atoms with E-state index in [1.807, 2.05) is 30.5 Å². The predicted octanol–water partition coefficient (Wildman–Crippen LogP) is 4.12. The number of nitrogens with one attached hydrogen (secondary N) is 1. The lowest BCUT2D eigenvalue weighted by Gasteiger charge is -2.20. The van der Waals surface area contributed by atoms with Gasteiger partial charge in [-0.3, -0.25) is 9.20 Å². The van der Waals surface area contributed by atoms with Crippen LogP contribution in [0, 0.1) is 19.8 Å². The monoisotopic (exact) mass is 338 g/mol. The lowest BCUT2D eigenvalue weighted by molar-refractivity contribution is -0.120. The van der Waals surface area contributed by atoms with Crippen LogP contribution in [0.15, 0.2) is 29.1 Å². The van der Waals surface area contributed by atoms with Crippen LogP contribution in [0.3, 0.4) is 0 Å². The molecule has 0 aromatic carbocycles. The molecule has 4 rings (SSSR count). The number of carbonyl (C=O) groups excluding carboxylic acids is 1. The molecular weight excluding hydrogens is 316 g/mol. The van der Waals surface area contributed by atoms with Crippen LogP contribution in [0.4, 0.5) is 5.82 Å². The van der Waals surface area contributed by atoms with Crippen molar-refractivity contribution >= 4 is 17.5 Å². The summed E-state index contributed by atoms with van der Waals surface area (Å²) >= 11 is 0. The molecule has 0 spiro atoms. The molecule has 0 saturated heterocycles. The molecule has 6 heteroatoms. The molecule has 0 aliphatic heterocycles. The zero-order valence-electron chi connectivity index (χ0n) is 14.6. The Kier molecular flexibility index (Phi) is 4.03. The van der Waals surface area contributed by atoms with Crippen molar-refractivity contribution in [1.82, 2.24) is 14.4 Å². The number of aromatic nitrogens is 3. The topological polar surface area (TPSA) is 72.4 Å². The van der Waals surface area contributed by atoms with Crippen LogP contribution in [0.1, 0.15) is 43.2 Å². The summed E-state index contributed by atoms with van der Waals surface area (Å²) in [5, 5.41) is 3.10. The molecule has 130 valence electrons. The van der Waals surface area contributed by atoms with Crippen molar-refractivity contribution in [1.29, 1.82) is 0 Å². The molecule has 25 heavy (non-hydrogen) atoms. The first-order valence-corrected chi connectivity index (χ1v) is 8.84. The van der Waals surface area contributed by atoms with E-state index in [1.165, 1.54) is 6.42 Å². The van der Waals surface area contributed by atoms with E-state index in [9.17, 15) is 4.79 Å². The van der Waals surface area contributed by atoms with Gasteiger partial charge < -0.3 is 9.73 Å². The second kappa shape index (κ2) is 6.35. The van der Waals surface area contributed by atoms with Gasteiger partial charge in [-0.2, -0.15) is 0 Å². The van der Waals surface area contributed by atoms with E-state index < -0.39 is 0 Å². The molecule has 0 unspecified atom stereocenters. The van der Waals surface area contributed by atoms with Crippen LogP contribution in [0.25, 0.3) is 17.2 Å². The molecule has 1 aliphatic rings. The number of hydrogen-bond acceptors (Lipinski definition) is 4. The summed E-state index contributed by atoms with van der Waals surface area (Å²) in [7, 11) is 0. The third-order valence-electron chi connectivity index (χ3n) is 5.12. The number of fused-ring (bicyclic) bond motifs is 1. The normalized spacial score (nSPS) is 15.6. The van der Waals surface area contributed by atoms with E-state index in [2.05, 4.69) is 15.3 Å². The second-order valence-electron chi connectivity index (χ2n) is 6.80. The van der Waals surface area contributed by atoms with Crippen LogP contribution in [-0.2, 0) is 4.79 Å². The van der Waals surface area contributed by atoms with Crippen molar-refractivity contribution in [2.75, 3.05) is 5.32 Å². The molecule has 1 N–H and O–H groups in total. The van der Waals surface area contributed by atoms with Crippen molar-refractivity contribution in [2.45, 2.75) is 46.0 Å². The SMILES string of the molecule is Cc1coc(-c2nc3ncccn3c2NC(=O)C2CCCCC2)c1C. The van der Waals surface area contributed by atoms with Crippen LogP contribution in [0.5, 0.6) is 0 Å². The summed E-state index contributed by atoms with van der Waals surface area (Å²) in [6.07, 6.45) is 10.6. The van der Waals surface area contributed by atoms with Gasteiger partial charge in [0, 0.05) is 23.9 Å².